The Kier molecular flexibility index (Phi) is 6.25. The molecule has 6 heteroatoms. The zero-order valence-electron chi connectivity index (χ0n) is 18.0. The van der Waals surface area contributed by atoms with Gasteiger partial charge in [-0.3, -0.25) is 25.2 Å². The number of amides is 3. The molecule has 2 aromatic rings. The number of carbonyl (C=O) groups is 3. The number of aryl methyl sites for hydroxylation is 1. The van der Waals surface area contributed by atoms with E-state index in [9.17, 15) is 14.4 Å². The van der Waals surface area contributed by atoms with Crippen molar-refractivity contribution in [1.29, 1.82) is 0 Å². The number of nitrogens with one attached hydrogen (secondary N) is 2. The molecule has 0 unspecified atom stereocenters. The molecule has 1 aliphatic heterocycles. The van der Waals surface area contributed by atoms with Crippen molar-refractivity contribution in [3.63, 3.8) is 0 Å². The van der Waals surface area contributed by atoms with Crippen LogP contribution in [-0.4, -0.2) is 29.2 Å². The standard InChI is InChI=1S/C24H29N3O3/c1-16-5-7-17(8-6-16)14-27-15-19(13-21(27)28)23(30)26-25-22(29)18-9-11-20(12-10-18)24(2,3)4/h5-12,19H,13-15H2,1-4H3,(H,25,29)(H,26,30)/t19-/m0/s1. The minimum atomic E-state index is -0.480. The number of rotatable bonds is 4. The first-order valence-corrected chi connectivity index (χ1v) is 10.2. The molecule has 0 aromatic heterocycles. The summed E-state index contributed by atoms with van der Waals surface area (Å²) in [6.07, 6.45) is 0.147. The Hall–Kier alpha value is -3.15. The maximum absolute atomic E-state index is 12.5. The van der Waals surface area contributed by atoms with Crippen LogP contribution in [0.25, 0.3) is 0 Å². The largest absolute Gasteiger partial charge is 0.338 e. The van der Waals surface area contributed by atoms with Crippen molar-refractivity contribution in [3.05, 3.63) is 70.8 Å². The fourth-order valence-electron chi connectivity index (χ4n) is 3.43. The second-order valence-electron chi connectivity index (χ2n) is 8.93. The molecule has 0 bridgehead atoms. The minimum Gasteiger partial charge on any atom is -0.338 e. The van der Waals surface area contributed by atoms with E-state index in [0.29, 0.717) is 18.7 Å². The Bertz CT molecular complexity index is 928. The van der Waals surface area contributed by atoms with Crippen molar-refractivity contribution >= 4 is 17.7 Å². The zero-order chi connectivity index (χ0) is 21.9. The van der Waals surface area contributed by atoms with Crippen molar-refractivity contribution in [3.8, 4) is 0 Å². The first kappa shape index (κ1) is 21.6. The van der Waals surface area contributed by atoms with Crippen LogP contribution in [0.2, 0.25) is 0 Å². The summed E-state index contributed by atoms with van der Waals surface area (Å²) in [7, 11) is 0. The first-order valence-electron chi connectivity index (χ1n) is 10.2. The monoisotopic (exact) mass is 407 g/mol. The van der Waals surface area contributed by atoms with Crippen LogP contribution in [0.1, 0.15) is 54.2 Å². The number of nitrogens with zero attached hydrogens (tertiary/aromatic N) is 1. The molecule has 0 radical (unpaired) electrons. The van der Waals surface area contributed by atoms with Crippen molar-refractivity contribution in [2.45, 2.75) is 46.1 Å². The average molecular weight is 408 g/mol. The topological polar surface area (TPSA) is 78.5 Å². The van der Waals surface area contributed by atoms with Gasteiger partial charge < -0.3 is 4.90 Å². The highest BCUT2D eigenvalue weighted by Crippen LogP contribution is 2.22. The molecule has 1 aliphatic rings. The summed E-state index contributed by atoms with van der Waals surface area (Å²) in [6, 6.07) is 15.3. The number of likely N-dealkylation sites (tertiary alicyclic amines) is 1. The summed E-state index contributed by atoms with van der Waals surface area (Å²) < 4.78 is 0. The van der Waals surface area contributed by atoms with E-state index in [1.807, 2.05) is 43.3 Å². The highest BCUT2D eigenvalue weighted by atomic mass is 16.2. The molecule has 2 aromatic carbocycles. The third-order valence-electron chi connectivity index (χ3n) is 5.39. The van der Waals surface area contributed by atoms with Gasteiger partial charge in [0, 0.05) is 25.1 Å². The van der Waals surface area contributed by atoms with Crippen molar-refractivity contribution < 1.29 is 14.4 Å². The van der Waals surface area contributed by atoms with E-state index < -0.39 is 5.92 Å². The number of carbonyl (C=O) groups excluding carboxylic acids is 3. The molecule has 3 rings (SSSR count). The predicted molar refractivity (Wildman–Crippen MR) is 115 cm³/mol. The number of hydrogen-bond acceptors (Lipinski definition) is 3. The predicted octanol–water partition coefficient (Wildman–Crippen LogP) is 3.10. The fraction of sp³-hybridized carbons (Fsp3) is 0.375. The fourth-order valence-corrected chi connectivity index (χ4v) is 3.43. The molecule has 30 heavy (non-hydrogen) atoms. The number of hydrazine groups is 1. The van der Waals surface area contributed by atoms with Crippen LogP contribution in [0.3, 0.4) is 0 Å². The van der Waals surface area contributed by atoms with E-state index in [4.69, 9.17) is 0 Å². The van der Waals surface area contributed by atoms with Crippen LogP contribution >= 0.6 is 0 Å². The molecule has 0 aliphatic carbocycles. The number of benzene rings is 2. The van der Waals surface area contributed by atoms with Gasteiger partial charge in [-0.1, -0.05) is 62.7 Å². The molecule has 0 saturated carbocycles. The van der Waals surface area contributed by atoms with Crippen LogP contribution in [0.5, 0.6) is 0 Å². The van der Waals surface area contributed by atoms with Gasteiger partial charge in [-0.05, 0) is 35.6 Å². The molecule has 1 saturated heterocycles. The van der Waals surface area contributed by atoms with Gasteiger partial charge in [0.2, 0.25) is 11.8 Å². The third-order valence-corrected chi connectivity index (χ3v) is 5.39. The molecule has 0 spiro atoms. The molecule has 2 N–H and O–H groups in total. The van der Waals surface area contributed by atoms with Crippen molar-refractivity contribution in [1.82, 2.24) is 15.8 Å². The summed E-state index contributed by atoms with van der Waals surface area (Å²) in [6.45, 7) is 9.15. The maximum Gasteiger partial charge on any atom is 0.269 e. The third kappa shape index (κ3) is 5.26. The van der Waals surface area contributed by atoms with Crippen LogP contribution in [0.4, 0.5) is 0 Å². The van der Waals surface area contributed by atoms with Crippen molar-refractivity contribution in [2.24, 2.45) is 5.92 Å². The van der Waals surface area contributed by atoms with Crippen LogP contribution in [-0.2, 0) is 21.5 Å². The molecule has 1 atom stereocenters. The van der Waals surface area contributed by atoms with Gasteiger partial charge in [0.05, 0.1) is 5.92 Å². The molecule has 158 valence electrons. The van der Waals surface area contributed by atoms with E-state index in [2.05, 4.69) is 31.6 Å². The highest BCUT2D eigenvalue weighted by molar-refractivity contribution is 5.96. The summed E-state index contributed by atoms with van der Waals surface area (Å²) in [5.74, 6) is -1.27. The first-order chi connectivity index (χ1) is 14.1. The smallest absolute Gasteiger partial charge is 0.269 e. The normalized spacial score (nSPS) is 16.5. The van der Waals surface area contributed by atoms with Gasteiger partial charge in [-0.25, -0.2) is 0 Å². The number of hydrogen-bond donors (Lipinski definition) is 2. The Labute approximate surface area is 177 Å². The summed E-state index contributed by atoms with van der Waals surface area (Å²) in [5.41, 5.74) is 8.70. The van der Waals surface area contributed by atoms with Gasteiger partial charge in [0.25, 0.3) is 5.91 Å². The molecular weight excluding hydrogens is 378 g/mol. The van der Waals surface area contributed by atoms with E-state index in [1.165, 1.54) is 0 Å². The van der Waals surface area contributed by atoms with Crippen LogP contribution in [0, 0.1) is 12.8 Å². The lowest BCUT2D eigenvalue weighted by molar-refractivity contribution is -0.129. The summed E-state index contributed by atoms with van der Waals surface area (Å²) in [4.78, 5) is 38.7. The Morgan fingerprint density at radius 2 is 1.63 bits per heavy atom. The van der Waals surface area contributed by atoms with Gasteiger partial charge >= 0.3 is 0 Å². The van der Waals surface area contributed by atoms with Crippen LogP contribution in [0.15, 0.2) is 48.5 Å². The maximum atomic E-state index is 12.5. The summed E-state index contributed by atoms with van der Waals surface area (Å²) >= 11 is 0. The van der Waals surface area contributed by atoms with Gasteiger partial charge in [0.1, 0.15) is 0 Å². The van der Waals surface area contributed by atoms with Crippen molar-refractivity contribution in [2.75, 3.05) is 6.54 Å². The van der Waals surface area contributed by atoms with Gasteiger partial charge in [0.15, 0.2) is 0 Å². The second-order valence-corrected chi connectivity index (χ2v) is 8.93. The minimum absolute atomic E-state index is 0.00266. The lowest BCUT2D eigenvalue weighted by Gasteiger charge is -2.19. The van der Waals surface area contributed by atoms with Crippen LogP contribution < -0.4 is 10.9 Å². The Morgan fingerprint density at radius 1 is 1.00 bits per heavy atom. The zero-order valence-corrected chi connectivity index (χ0v) is 18.0. The Balaban J connectivity index is 1.51. The lowest BCUT2D eigenvalue weighted by atomic mass is 9.87. The van der Waals surface area contributed by atoms with Gasteiger partial charge in [-0.2, -0.15) is 0 Å². The Morgan fingerprint density at radius 3 is 2.23 bits per heavy atom. The molecule has 3 amide bonds. The van der Waals surface area contributed by atoms with E-state index >= 15 is 0 Å². The van der Waals surface area contributed by atoms with E-state index in [0.717, 1.165) is 16.7 Å². The molecule has 1 fully saturated rings. The lowest BCUT2D eigenvalue weighted by Crippen LogP contribution is -2.45. The molecule has 1 heterocycles. The van der Waals surface area contributed by atoms with E-state index in [1.54, 1.807) is 17.0 Å². The van der Waals surface area contributed by atoms with Gasteiger partial charge in [-0.15, -0.1) is 0 Å². The average Bonchev–Trinajstić information content (AvgIpc) is 3.07. The summed E-state index contributed by atoms with van der Waals surface area (Å²) in [5, 5.41) is 0. The molecular formula is C24H29N3O3. The molecule has 6 nitrogen and oxygen atoms in total. The highest BCUT2D eigenvalue weighted by Gasteiger charge is 2.34. The quantitative estimate of drug-likeness (QED) is 0.765. The van der Waals surface area contributed by atoms with E-state index in [-0.39, 0.29) is 29.6 Å². The SMILES string of the molecule is Cc1ccc(CN2C[C@@H](C(=O)NNC(=O)c3ccc(C(C)(C)C)cc3)CC2=O)cc1. The second kappa shape index (κ2) is 8.69.